The second-order valence-electron chi connectivity index (χ2n) is 4.49. The molecule has 0 saturated carbocycles. The first-order valence-electron chi connectivity index (χ1n) is 6.37. The molecule has 0 aliphatic heterocycles. The third-order valence-electron chi connectivity index (χ3n) is 2.89. The van der Waals surface area contributed by atoms with Crippen molar-refractivity contribution in [3.8, 4) is 6.07 Å². The summed E-state index contributed by atoms with van der Waals surface area (Å²) in [6, 6.07) is 15.0. The highest BCUT2D eigenvalue weighted by atomic mass is 32.2. The zero-order chi connectivity index (χ0) is 15.9. The number of nitro groups is 1. The van der Waals surface area contributed by atoms with Gasteiger partial charge in [0.15, 0.2) is 0 Å². The van der Waals surface area contributed by atoms with Gasteiger partial charge in [0.1, 0.15) is 11.2 Å². The molecule has 0 aliphatic carbocycles. The predicted molar refractivity (Wildman–Crippen MR) is 85.1 cm³/mol. The summed E-state index contributed by atoms with van der Waals surface area (Å²) in [6.45, 7) is 0. The van der Waals surface area contributed by atoms with Crippen molar-refractivity contribution in [2.45, 2.75) is 5.75 Å². The highest BCUT2D eigenvalue weighted by Crippen LogP contribution is 2.16. The molecule has 0 bridgehead atoms. The molecule has 0 heterocycles. The van der Waals surface area contributed by atoms with Gasteiger partial charge >= 0.3 is 0 Å². The largest absolute Gasteiger partial charge is 0.612 e. The van der Waals surface area contributed by atoms with Gasteiger partial charge in [-0.1, -0.05) is 24.3 Å². The van der Waals surface area contributed by atoms with E-state index >= 15 is 0 Å². The van der Waals surface area contributed by atoms with Gasteiger partial charge in [-0.15, -0.1) is 0 Å². The van der Waals surface area contributed by atoms with E-state index in [0.717, 1.165) is 5.56 Å². The molecule has 5 nitrogen and oxygen atoms in total. The van der Waals surface area contributed by atoms with Crippen molar-refractivity contribution in [3.63, 3.8) is 0 Å². The predicted octanol–water partition coefficient (Wildman–Crippen LogP) is 3.39. The lowest BCUT2D eigenvalue weighted by molar-refractivity contribution is -0.384. The quantitative estimate of drug-likeness (QED) is 0.481. The van der Waals surface area contributed by atoms with Crippen molar-refractivity contribution in [2.75, 3.05) is 0 Å². The SMILES string of the molecule is N#Cc1ccc(C[S+]([O-])C=Cc2cccc([N+](=O)[O-])c2)cc1. The minimum absolute atomic E-state index is 0.0000228. The van der Waals surface area contributed by atoms with Crippen LogP contribution in [0, 0.1) is 21.4 Å². The number of nitro benzene ring substituents is 1. The van der Waals surface area contributed by atoms with Crippen LogP contribution in [0.1, 0.15) is 16.7 Å². The summed E-state index contributed by atoms with van der Waals surface area (Å²) in [6.07, 6.45) is 1.60. The fourth-order valence-corrected chi connectivity index (χ4v) is 2.71. The molecule has 2 aromatic rings. The Balaban J connectivity index is 2.01. The second kappa shape index (κ2) is 7.41. The van der Waals surface area contributed by atoms with E-state index in [4.69, 9.17) is 5.26 Å². The lowest BCUT2D eigenvalue weighted by atomic mass is 10.2. The molecule has 22 heavy (non-hydrogen) atoms. The third-order valence-corrected chi connectivity index (χ3v) is 3.94. The molecule has 0 N–H and O–H groups in total. The third kappa shape index (κ3) is 4.45. The number of benzene rings is 2. The Hall–Kier alpha value is -2.62. The Morgan fingerprint density at radius 1 is 1.23 bits per heavy atom. The highest BCUT2D eigenvalue weighted by molar-refractivity contribution is 7.93. The van der Waals surface area contributed by atoms with E-state index in [2.05, 4.69) is 0 Å². The van der Waals surface area contributed by atoms with Gasteiger partial charge in [-0.3, -0.25) is 10.1 Å². The summed E-state index contributed by atoms with van der Waals surface area (Å²) in [5, 5.41) is 20.9. The van der Waals surface area contributed by atoms with E-state index in [0.29, 0.717) is 16.9 Å². The Morgan fingerprint density at radius 3 is 2.59 bits per heavy atom. The first-order chi connectivity index (χ1) is 10.6. The summed E-state index contributed by atoms with van der Waals surface area (Å²) in [4.78, 5) is 10.2. The molecule has 0 saturated heterocycles. The molecule has 0 aliphatic rings. The van der Waals surface area contributed by atoms with Gasteiger partial charge < -0.3 is 4.55 Å². The van der Waals surface area contributed by atoms with Crippen molar-refractivity contribution < 1.29 is 9.48 Å². The lowest BCUT2D eigenvalue weighted by Gasteiger charge is -2.05. The monoisotopic (exact) mass is 312 g/mol. The molecular formula is C16H12N2O3S. The molecule has 0 spiro atoms. The van der Waals surface area contributed by atoms with Crippen LogP contribution in [0.2, 0.25) is 0 Å². The van der Waals surface area contributed by atoms with Crippen molar-refractivity contribution in [2.24, 2.45) is 0 Å². The smallest absolute Gasteiger partial charge is 0.270 e. The van der Waals surface area contributed by atoms with Crippen LogP contribution in [0.15, 0.2) is 53.9 Å². The zero-order valence-electron chi connectivity index (χ0n) is 11.5. The average molecular weight is 312 g/mol. The minimum Gasteiger partial charge on any atom is -0.612 e. The molecule has 0 aromatic heterocycles. The van der Waals surface area contributed by atoms with Crippen LogP contribution in [0.3, 0.4) is 0 Å². The first kappa shape index (κ1) is 15.8. The maximum atomic E-state index is 12.0. The van der Waals surface area contributed by atoms with Crippen LogP contribution in [0.4, 0.5) is 5.69 Å². The zero-order valence-corrected chi connectivity index (χ0v) is 12.3. The number of rotatable bonds is 5. The van der Waals surface area contributed by atoms with Gasteiger partial charge in [-0.25, -0.2) is 0 Å². The molecular weight excluding hydrogens is 300 g/mol. The Bertz CT molecular complexity index is 736. The van der Waals surface area contributed by atoms with Crippen molar-refractivity contribution in [1.82, 2.24) is 0 Å². The standard InChI is InChI=1S/C16H12N2O3S/c17-11-14-4-6-15(7-5-14)12-22(21)9-8-13-2-1-3-16(10-13)18(19)20/h1-10H,12H2. The minimum atomic E-state index is -1.23. The van der Waals surface area contributed by atoms with Crippen LogP contribution in [-0.2, 0) is 16.9 Å². The molecule has 1 atom stereocenters. The van der Waals surface area contributed by atoms with Crippen molar-refractivity contribution >= 4 is 22.9 Å². The van der Waals surface area contributed by atoms with E-state index in [1.165, 1.54) is 17.5 Å². The van der Waals surface area contributed by atoms with E-state index in [9.17, 15) is 14.7 Å². The van der Waals surface area contributed by atoms with Crippen molar-refractivity contribution in [1.29, 1.82) is 5.26 Å². The average Bonchev–Trinajstić information content (AvgIpc) is 2.54. The van der Waals surface area contributed by atoms with E-state index in [1.54, 1.807) is 42.5 Å². The molecule has 6 heteroatoms. The van der Waals surface area contributed by atoms with Gasteiger partial charge in [-0.05, 0) is 34.9 Å². The fraction of sp³-hybridized carbons (Fsp3) is 0.0625. The van der Waals surface area contributed by atoms with Crippen LogP contribution in [0.5, 0.6) is 0 Å². The molecule has 1 unspecified atom stereocenters. The van der Waals surface area contributed by atoms with E-state index in [-0.39, 0.29) is 5.69 Å². The number of non-ortho nitro benzene ring substituents is 1. The molecule has 2 aromatic carbocycles. The summed E-state index contributed by atoms with van der Waals surface area (Å²) in [7, 11) is 0. The number of hydrogen-bond acceptors (Lipinski definition) is 4. The van der Waals surface area contributed by atoms with Crippen LogP contribution >= 0.6 is 0 Å². The normalized spacial score (nSPS) is 12.0. The Kier molecular flexibility index (Phi) is 5.31. The fourth-order valence-electron chi connectivity index (χ4n) is 1.78. The maximum absolute atomic E-state index is 12.0. The van der Waals surface area contributed by atoms with E-state index < -0.39 is 16.1 Å². The Morgan fingerprint density at radius 2 is 1.95 bits per heavy atom. The highest BCUT2D eigenvalue weighted by Gasteiger charge is 2.06. The summed E-state index contributed by atoms with van der Waals surface area (Å²) >= 11 is -1.23. The molecule has 2 rings (SSSR count). The number of nitrogens with zero attached hydrogens (tertiary/aromatic N) is 2. The molecule has 0 fully saturated rings. The number of hydrogen-bond donors (Lipinski definition) is 0. The number of nitriles is 1. The Labute approximate surface area is 130 Å². The van der Waals surface area contributed by atoms with E-state index in [1.807, 2.05) is 6.07 Å². The molecule has 0 amide bonds. The van der Waals surface area contributed by atoms with Crippen molar-refractivity contribution in [3.05, 3.63) is 80.7 Å². The van der Waals surface area contributed by atoms with Crippen LogP contribution < -0.4 is 0 Å². The summed E-state index contributed by atoms with van der Waals surface area (Å²) in [5.74, 6) is 0.330. The first-order valence-corrected chi connectivity index (χ1v) is 7.75. The lowest BCUT2D eigenvalue weighted by Crippen LogP contribution is -2.00. The summed E-state index contributed by atoms with van der Waals surface area (Å²) < 4.78 is 12.0. The maximum Gasteiger partial charge on any atom is 0.270 e. The topological polar surface area (TPSA) is 90.0 Å². The van der Waals surface area contributed by atoms with Gasteiger partial charge in [0.25, 0.3) is 5.69 Å². The van der Waals surface area contributed by atoms with Gasteiger partial charge in [0.05, 0.1) is 16.6 Å². The summed E-state index contributed by atoms with van der Waals surface area (Å²) in [5.41, 5.74) is 2.05. The van der Waals surface area contributed by atoms with Gasteiger partial charge in [0.2, 0.25) is 0 Å². The van der Waals surface area contributed by atoms with Crippen LogP contribution in [0.25, 0.3) is 6.08 Å². The van der Waals surface area contributed by atoms with Crippen LogP contribution in [-0.4, -0.2) is 9.48 Å². The van der Waals surface area contributed by atoms with Gasteiger partial charge in [0, 0.05) is 17.7 Å². The van der Waals surface area contributed by atoms with Gasteiger partial charge in [-0.2, -0.15) is 5.26 Å². The second-order valence-corrected chi connectivity index (χ2v) is 5.81. The molecule has 0 radical (unpaired) electrons. The molecule has 110 valence electrons.